The number of aromatic nitrogens is 4. The number of imidazole rings is 2. The van der Waals surface area contributed by atoms with Crippen LogP contribution in [0.2, 0.25) is 0 Å². The van der Waals surface area contributed by atoms with Gasteiger partial charge in [-0.25, -0.2) is 14.8 Å². The molecule has 162 valence electrons. The Morgan fingerprint density at radius 3 is 1.97 bits per heavy atom. The Labute approximate surface area is 171 Å². The first kappa shape index (κ1) is 22.5. The molecule has 0 saturated heterocycles. The average molecular weight is 420 g/mol. The van der Waals surface area contributed by atoms with Gasteiger partial charge in [-0.2, -0.15) is 0 Å². The van der Waals surface area contributed by atoms with Crippen molar-refractivity contribution in [1.29, 1.82) is 0 Å². The van der Waals surface area contributed by atoms with E-state index in [-0.39, 0.29) is 25.7 Å². The molecule has 2 rings (SSSR count). The first-order valence-corrected chi connectivity index (χ1v) is 9.08. The van der Waals surface area contributed by atoms with Crippen molar-refractivity contribution < 1.29 is 24.3 Å². The number of carbonyl (C=O) groups excluding carboxylic acids is 3. The lowest BCUT2D eigenvalue weighted by molar-refractivity contribution is -0.142. The fraction of sp³-hybridized carbons (Fsp3) is 0.412. The Bertz CT molecular complexity index is 852. The summed E-state index contributed by atoms with van der Waals surface area (Å²) in [5.74, 6) is -3.24. The third-order valence-corrected chi connectivity index (χ3v) is 4.24. The number of nitrogens with zero attached hydrogens (tertiary/aromatic N) is 2. The third kappa shape index (κ3) is 7.01. The summed E-state index contributed by atoms with van der Waals surface area (Å²) >= 11 is 0. The number of hydrogen-bond donors (Lipinski definition) is 7. The number of carboxylic acids is 1. The van der Waals surface area contributed by atoms with Crippen molar-refractivity contribution in [2.45, 2.75) is 43.8 Å². The van der Waals surface area contributed by atoms with Crippen molar-refractivity contribution in [3.8, 4) is 0 Å². The number of amides is 3. The smallest absolute Gasteiger partial charge is 0.326 e. The number of carboxylic acid groups (broad SMARTS) is 1. The third-order valence-electron chi connectivity index (χ3n) is 4.24. The van der Waals surface area contributed by atoms with Gasteiger partial charge in [0.25, 0.3) is 0 Å². The predicted octanol–water partition coefficient (Wildman–Crippen LogP) is -2.43. The summed E-state index contributed by atoms with van der Waals surface area (Å²) in [7, 11) is 0. The molecule has 2 aromatic rings. The summed E-state index contributed by atoms with van der Waals surface area (Å²) in [6.45, 7) is 0. The Hall–Kier alpha value is -3.74. The molecule has 0 spiro atoms. The van der Waals surface area contributed by atoms with Crippen molar-refractivity contribution in [3.63, 3.8) is 0 Å². The second kappa shape index (κ2) is 10.7. The van der Waals surface area contributed by atoms with Crippen LogP contribution in [0.25, 0.3) is 0 Å². The van der Waals surface area contributed by atoms with E-state index in [1.807, 2.05) is 0 Å². The molecule has 30 heavy (non-hydrogen) atoms. The van der Waals surface area contributed by atoms with Crippen molar-refractivity contribution in [1.82, 2.24) is 30.6 Å². The van der Waals surface area contributed by atoms with Gasteiger partial charge in [0.2, 0.25) is 17.7 Å². The number of aromatic amines is 2. The molecule has 9 N–H and O–H groups in total. The molecule has 3 atom stereocenters. The topological polar surface area (TPSA) is 222 Å². The monoisotopic (exact) mass is 420 g/mol. The molecule has 0 aliphatic rings. The van der Waals surface area contributed by atoms with Crippen molar-refractivity contribution >= 4 is 23.7 Å². The van der Waals surface area contributed by atoms with E-state index in [1.165, 1.54) is 25.0 Å². The molecule has 2 heterocycles. The number of primary amides is 1. The highest BCUT2D eigenvalue weighted by Crippen LogP contribution is 2.04. The van der Waals surface area contributed by atoms with Crippen LogP contribution in [0.4, 0.5) is 0 Å². The fourth-order valence-corrected chi connectivity index (χ4v) is 2.62. The van der Waals surface area contributed by atoms with Crippen LogP contribution in [0.3, 0.4) is 0 Å². The molecular formula is C17H24N8O5. The quantitative estimate of drug-likeness (QED) is 0.195. The molecule has 13 heteroatoms. The summed E-state index contributed by atoms with van der Waals surface area (Å²) in [5, 5.41) is 14.3. The highest BCUT2D eigenvalue weighted by molar-refractivity contribution is 5.92. The summed E-state index contributed by atoms with van der Waals surface area (Å²) < 4.78 is 0. The normalized spacial score (nSPS) is 13.8. The Morgan fingerprint density at radius 1 is 0.967 bits per heavy atom. The lowest BCUT2D eigenvalue weighted by Gasteiger charge is -2.22. The highest BCUT2D eigenvalue weighted by atomic mass is 16.4. The van der Waals surface area contributed by atoms with Gasteiger partial charge >= 0.3 is 5.97 Å². The number of rotatable bonds is 12. The largest absolute Gasteiger partial charge is 0.480 e. The zero-order valence-corrected chi connectivity index (χ0v) is 16.0. The van der Waals surface area contributed by atoms with E-state index in [2.05, 4.69) is 30.6 Å². The lowest BCUT2D eigenvalue weighted by Crippen LogP contribution is -2.55. The second-order valence-electron chi connectivity index (χ2n) is 6.63. The number of carbonyl (C=O) groups is 4. The van der Waals surface area contributed by atoms with Crippen molar-refractivity contribution in [2.24, 2.45) is 11.5 Å². The number of H-pyrrole nitrogens is 2. The molecule has 0 bridgehead atoms. The molecule has 0 unspecified atom stereocenters. The molecule has 0 aliphatic carbocycles. The van der Waals surface area contributed by atoms with Crippen LogP contribution < -0.4 is 22.1 Å². The number of aliphatic carboxylic acids is 1. The van der Waals surface area contributed by atoms with Crippen LogP contribution in [0.5, 0.6) is 0 Å². The molecule has 3 amide bonds. The van der Waals surface area contributed by atoms with Crippen molar-refractivity contribution in [3.05, 3.63) is 36.4 Å². The van der Waals surface area contributed by atoms with Crippen LogP contribution in [-0.4, -0.2) is 66.9 Å². The van der Waals surface area contributed by atoms with Crippen LogP contribution >= 0.6 is 0 Å². The molecule has 13 nitrogen and oxygen atoms in total. The van der Waals surface area contributed by atoms with E-state index in [0.717, 1.165) is 0 Å². The van der Waals surface area contributed by atoms with Gasteiger partial charge in [-0.15, -0.1) is 0 Å². The summed E-state index contributed by atoms with van der Waals surface area (Å²) in [6.07, 6.45) is 5.64. The Kier molecular flexibility index (Phi) is 8.05. The minimum Gasteiger partial charge on any atom is -0.480 e. The van der Waals surface area contributed by atoms with Crippen LogP contribution in [0, 0.1) is 0 Å². The molecule has 0 radical (unpaired) electrons. The minimum atomic E-state index is -1.25. The van der Waals surface area contributed by atoms with Gasteiger partial charge < -0.3 is 37.2 Å². The molecular weight excluding hydrogens is 396 g/mol. The van der Waals surface area contributed by atoms with Crippen LogP contribution in [0.15, 0.2) is 25.0 Å². The van der Waals surface area contributed by atoms with E-state index >= 15 is 0 Å². The maximum absolute atomic E-state index is 12.8. The van der Waals surface area contributed by atoms with Crippen LogP contribution in [-0.2, 0) is 32.0 Å². The van der Waals surface area contributed by atoms with E-state index in [9.17, 15) is 24.3 Å². The SMILES string of the molecule is NC(=O)CC[C@H](N)C(=O)N[C@@H](Cc1cnc[nH]1)C(=O)N[C@@H](Cc1cnc[nH]1)C(=O)O. The molecule has 0 saturated carbocycles. The van der Waals surface area contributed by atoms with Gasteiger partial charge in [-0.3, -0.25) is 14.4 Å². The first-order chi connectivity index (χ1) is 14.3. The molecule has 2 aromatic heterocycles. The highest BCUT2D eigenvalue weighted by Gasteiger charge is 2.29. The lowest BCUT2D eigenvalue weighted by atomic mass is 10.1. The van der Waals surface area contributed by atoms with E-state index in [1.54, 1.807) is 0 Å². The van der Waals surface area contributed by atoms with Gasteiger partial charge in [0.1, 0.15) is 12.1 Å². The van der Waals surface area contributed by atoms with Crippen molar-refractivity contribution in [2.75, 3.05) is 0 Å². The van der Waals surface area contributed by atoms with Gasteiger partial charge in [-0.1, -0.05) is 0 Å². The Balaban J connectivity index is 2.08. The maximum Gasteiger partial charge on any atom is 0.326 e. The number of hydrogen-bond acceptors (Lipinski definition) is 7. The molecule has 0 fully saturated rings. The van der Waals surface area contributed by atoms with Gasteiger partial charge in [0.05, 0.1) is 18.7 Å². The summed E-state index contributed by atoms with van der Waals surface area (Å²) in [6, 6.07) is -3.43. The van der Waals surface area contributed by atoms with E-state index in [0.29, 0.717) is 11.4 Å². The fourth-order valence-electron chi connectivity index (χ4n) is 2.62. The van der Waals surface area contributed by atoms with E-state index < -0.39 is 41.8 Å². The van der Waals surface area contributed by atoms with E-state index in [4.69, 9.17) is 11.5 Å². The number of nitrogens with one attached hydrogen (secondary N) is 4. The molecule has 0 aromatic carbocycles. The maximum atomic E-state index is 12.8. The summed E-state index contributed by atoms with van der Waals surface area (Å²) in [4.78, 5) is 60.8. The average Bonchev–Trinajstić information content (AvgIpc) is 3.38. The number of nitrogens with two attached hydrogens (primary N) is 2. The molecule has 0 aliphatic heterocycles. The van der Waals surface area contributed by atoms with Gasteiger partial charge in [0.15, 0.2) is 0 Å². The zero-order chi connectivity index (χ0) is 22.1. The summed E-state index contributed by atoms with van der Waals surface area (Å²) in [5.41, 5.74) is 11.9. The Morgan fingerprint density at radius 2 is 1.50 bits per heavy atom. The zero-order valence-electron chi connectivity index (χ0n) is 16.0. The standard InChI is InChI=1S/C17H24N8O5/c18-11(1-2-14(19)26)15(27)24-12(3-9-5-20-7-22-9)16(28)25-13(17(29)30)4-10-6-21-8-23-10/h5-8,11-13H,1-4,18H2,(H2,19,26)(H,20,22)(H,21,23)(H,24,27)(H,25,28)(H,29,30)/t11-,12-,13-/m0/s1. The van der Waals surface area contributed by atoms with Gasteiger partial charge in [0, 0.05) is 43.0 Å². The second-order valence-corrected chi connectivity index (χ2v) is 6.63. The van der Waals surface area contributed by atoms with Gasteiger partial charge in [-0.05, 0) is 6.42 Å². The minimum absolute atomic E-state index is 0.0110. The van der Waals surface area contributed by atoms with Crippen LogP contribution in [0.1, 0.15) is 24.2 Å². The predicted molar refractivity (Wildman–Crippen MR) is 102 cm³/mol. The first-order valence-electron chi connectivity index (χ1n) is 9.08.